The van der Waals surface area contributed by atoms with Crippen LogP contribution in [0.1, 0.15) is 26.2 Å². The number of hydrogen-bond donors (Lipinski definition) is 2. The van der Waals surface area contributed by atoms with E-state index in [4.69, 9.17) is 4.74 Å². The van der Waals surface area contributed by atoms with Crippen LogP contribution in [0.2, 0.25) is 0 Å². The van der Waals surface area contributed by atoms with Gasteiger partial charge < -0.3 is 15.4 Å². The number of ether oxygens (including phenoxy) is 1. The van der Waals surface area contributed by atoms with Gasteiger partial charge in [0.15, 0.2) is 0 Å². The Labute approximate surface area is 108 Å². The van der Waals surface area contributed by atoms with E-state index in [1.807, 2.05) is 18.7 Å². The van der Waals surface area contributed by atoms with Gasteiger partial charge in [0.1, 0.15) is 0 Å². The zero-order chi connectivity index (χ0) is 12.5. The second-order valence-corrected chi connectivity index (χ2v) is 5.59. The minimum Gasteiger partial charge on any atom is -0.385 e. The lowest BCUT2D eigenvalue weighted by molar-refractivity contribution is -0.122. The zero-order valence-corrected chi connectivity index (χ0v) is 11.6. The normalized spacial score (nSPS) is 22.1. The second kappa shape index (κ2) is 8.78. The lowest BCUT2D eigenvalue weighted by atomic mass is 10.1. The maximum atomic E-state index is 11.8. The third-order valence-corrected chi connectivity index (χ3v) is 4.08. The Morgan fingerprint density at radius 1 is 1.59 bits per heavy atom. The molecular weight excluding hydrogens is 236 g/mol. The van der Waals surface area contributed by atoms with Crippen molar-refractivity contribution in [1.29, 1.82) is 0 Å². The van der Waals surface area contributed by atoms with Gasteiger partial charge in [-0.3, -0.25) is 4.79 Å². The third kappa shape index (κ3) is 6.29. The zero-order valence-electron chi connectivity index (χ0n) is 10.8. The van der Waals surface area contributed by atoms with E-state index in [1.54, 1.807) is 7.11 Å². The molecule has 4 nitrogen and oxygen atoms in total. The fourth-order valence-electron chi connectivity index (χ4n) is 1.88. The summed E-state index contributed by atoms with van der Waals surface area (Å²) in [5.74, 6) is 2.48. The van der Waals surface area contributed by atoms with Crippen molar-refractivity contribution in [2.75, 3.05) is 31.8 Å². The molecule has 0 saturated carbocycles. The highest BCUT2D eigenvalue weighted by atomic mass is 32.2. The SMILES string of the molecule is COCCCNC(=O)C(C)NC1CCCSC1. The molecule has 2 N–H and O–H groups in total. The summed E-state index contributed by atoms with van der Waals surface area (Å²) in [5.41, 5.74) is 0. The fraction of sp³-hybridized carbons (Fsp3) is 0.917. The van der Waals surface area contributed by atoms with Gasteiger partial charge in [0.25, 0.3) is 0 Å². The molecule has 0 radical (unpaired) electrons. The molecule has 1 amide bonds. The van der Waals surface area contributed by atoms with E-state index in [9.17, 15) is 4.79 Å². The van der Waals surface area contributed by atoms with Crippen LogP contribution in [-0.4, -0.2) is 49.8 Å². The van der Waals surface area contributed by atoms with Gasteiger partial charge in [0.2, 0.25) is 5.91 Å². The molecule has 1 fully saturated rings. The predicted molar refractivity (Wildman–Crippen MR) is 72.4 cm³/mol. The molecular formula is C12H24N2O2S. The molecule has 100 valence electrons. The van der Waals surface area contributed by atoms with Crippen LogP contribution in [0.5, 0.6) is 0 Å². The van der Waals surface area contributed by atoms with Gasteiger partial charge in [-0.2, -0.15) is 11.8 Å². The number of hydrogen-bond acceptors (Lipinski definition) is 4. The predicted octanol–water partition coefficient (Wildman–Crippen LogP) is 1.01. The number of nitrogens with one attached hydrogen (secondary N) is 2. The van der Waals surface area contributed by atoms with Crippen LogP contribution in [0.3, 0.4) is 0 Å². The summed E-state index contributed by atoms with van der Waals surface area (Å²) in [6, 6.07) is 0.398. The van der Waals surface area contributed by atoms with Crippen LogP contribution in [-0.2, 0) is 9.53 Å². The van der Waals surface area contributed by atoms with E-state index in [0.29, 0.717) is 19.2 Å². The van der Waals surface area contributed by atoms with E-state index < -0.39 is 0 Å². The Balaban J connectivity index is 2.12. The number of rotatable bonds is 7. The number of methoxy groups -OCH3 is 1. The molecule has 1 saturated heterocycles. The van der Waals surface area contributed by atoms with E-state index in [1.165, 1.54) is 18.6 Å². The van der Waals surface area contributed by atoms with E-state index in [0.717, 1.165) is 12.2 Å². The van der Waals surface area contributed by atoms with Crippen LogP contribution in [0.4, 0.5) is 0 Å². The number of amides is 1. The topological polar surface area (TPSA) is 50.4 Å². The summed E-state index contributed by atoms with van der Waals surface area (Å²) in [5, 5.41) is 6.31. The standard InChI is InChI=1S/C12H24N2O2S/c1-10(12(15)13-6-4-7-16-2)14-11-5-3-8-17-9-11/h10-11,14H,3-9H2,1-2H3,(H,13,15). The second-order valence-electron chi connectivity index (χ2n) is 4.44. The first-order chi connectivity index (χ1) is 8.24. The fourth-order valence-corrected chi connectivity index (χ4v) is 2.97. The molecule has 1 rings (SSSR count). The van der Waals surface area contributed by atoms with Crippen molar-refractivity contribution < 1.29 is 9.53 Å². The molecule has 1 heterocycles. The van der Waals surface area contributed by atoms with Crippen molar-refractivity contribution in [2.24, 2.45) is 0 Å². The molecule has 0 aromatic heterocycles. The lowest BCUT2D eigenvalue weighted by Crippen LogP contribution is -2.48. The molecule has 0 aliphatic carbocycles. The van der Waals surface area contributed by atoms with Gasteiger partial charge in [0.05, 0.1) is 6.04 Å². The average Bonchev–Trinajstić information content (AvgIpc) is 2.35. The van der Waals surface area contributed by atoms with Crippen LogP contribution >= 0.6 is 11.8 Å². The minimum absolute atomic E-state index is 0.0941. The number of carbonyl (C=O) groups is 1. The summed E-state index contributed by atoms with van der Waals surface area (Å²) in [6.07, 6.45) is 3.31. The third-order valence-electron chi connectivity index (χ3n) is 2.86. The lowest BCUT2D eigenvalue weighted by Gasteiger charge is -2.25. The largest absolute Gasteiger partial charge is 0.385 e. The van der Waals surface area contributed by atoms with Crippen molar-refractivity contribution in [3.63, 3.8) is 0 Å². The molecule has 1 aliphatic heterocycles. The van der Waals surface area contributed by atoms with E-state index in [2.05, 4.69) is 10.6 Å². The summed E-state index contributed by atoms with van der Waals surface area (Å²) in [4.78, 5) is 11.8. The van der Waals surface area contributed by atoms with Crippen molar-refractivity contribution in [1.82, 2.24) is 10.6 Å². The Hall–Kier alpha value is -0.260. The monoisotopic (exact) mass is 260 g/mol. The Bertz CT molecular complexity index is 221. The van der Waals surface area contributed by atoms with Crippen LogP contribution in [0.25, 0.3) is 0 Å². The maximum Gasteiger partial charge on any atom is 0.236 e. The van der Waals surface area contributed by atoms with Crippen LogP contribution in [0.15, 0.2) is 0 Å². The van der Waals surface area contributed by atoms with Crippen LogP contribution < -0.4 is 10.6 Å². The number of thioether (sulfide) groups is 1. The molecule has 0 aromatic carbocycles. The molecule has 5 heteroatoms. The summed E-state index contributed by atoms with van der Waals surface area (Å²) >= 11 is 1.97. The van der Waals surface area contributed by atoms with Gasteiger partial charge >= 0.3 is 0 Å². The molecule has 1 aliphatic rings. The summed E-state index contributed by atoms with van der Waals surface area (Å²) in [6.45, 7) is 3.32. The quantitative estimate of drug-likeness (QED) is 0.671. The molecule has 17 heavy (non-hydrogen) atoms. The maximum absolute atomic E-state index is 11.8. The van der Waals surface area contributed by atoms with Crippen molar-refractivity contribution in [3.05, 3.63) is 0 Å². The highest BCUT2D eigenvalue weighted by Gasteiger charge is 2.19. The molecule has 0 aromatic rings. The van der Waals surface area contributed by atoms with Crippen LogP contribution in [0, 0.1) is 0 Å². The molecule has 2 unspecified atom stereocenters. The highest BCUT2D eigenvalue weighted by Crippen LogP contribution is 2.17. The Kier molecular flexibility index (Phi) is 7.64. The average molecular weight is 260 g/mol. The van der Waals surface area contributed by atoms with Crippen molar-refractivity contribution >= 4 is 17.7 Å². The first kappa shape index (κ1) is 14.8. The first-order valence-corrected chi connectivity index (χ1v) is 7.50. The van der Waals surface area contributed by atoms with Gasteiger partial charge in [-0.05, 0) is 31.9 Å². The molecule has 2 atom stereocenters. The van der Waals surface area contributed by atoms with Gasteiger partial charge in [-0.25, -0.2) is 0 Å². The van der Waals surface area contributed by atoms with Crippen molar-refractivity contribution in [3.8, 4) is 0 Å². The summed E-state index contributed by atoms with van der Waals surface area (Å²) < 4.78 is 4.94. The highest BCUT2D eigenvalue weighted by molar-refractivity contribution is 7.99. The van der Waals surface area contributed by atoms with Gasteiger partial charge in [-0.1, -0.05) is 0 Å². The minimum atomic E-state index is -0.0961. The van der Waals surface area contributed by atoms with Gasteiger partial charge in [-0.15, -0.1) is 0 Å². The first-order valence-electron chi connectivity index (χ1n) is 6.34. The molecule has 0 bridgehead atoms. The smallest absolute Gasteiger partial charge is 0.236 e. The molecule has 0 spiro atoms. The van der Waals surface area contributed by atoms with E-state index in [-0.39, 0.29) is 11.9 Å². The van der Waals surface area contributed by atoms with Gasteiger partial charge in [0, 0.05) is 32.1 Å². The van der Waals surface area contributed by atoms with Crippen molar-refractivity contribution in [2.45, 2.75) is 38.3 Å². The summed E-state index contributed by atoms with van der Waals surface area (Å²) in [7, 11) is 1.67. The Morgan fingerprint density at radius 2 is 2.41 bits per heavy atom. The van der Waals surface area contributed by atoms with E-state index >= 15 is 0 Å². The Morgan fingerprint density at radius 3 is 3.06 bits per heavy atom. The number of carbonyl (C=O) groups excluding carboxylic acids is 1.